The molecule has 1 heterocycles. The Bertz CT molecular complexity index is 1240. The molecule has 0 saturated carbocycles. The van der Waals surface area contributed by atoms with Crippen LogP contribution in [0.25, 0.3) is 10.9 Å². The van der Waals surface area contributed by atoms with Crippen LogP contribution in [0.1, 0.15) is 16.7 Å². The first-order valence-corrected chi connectivity index (χ1v) is 10.6. The van der Waals surface area contributed by atoms with Crippen LogP contribution >= 0.6 is 0 Å². The third kappa shape index (κ3) is 5.32. The fourth-order valence-electron chi connectivity index (χ4n) is 3.76. The minimum absolute atomic E-state index is 0.228. The molecule has 1 atom stereocenters. The molecule has 170 valence electrons. The van der Waals surface area contributed by atoms with E-state index in [4.69, 9.17) is 9.47 Å². The molecular weight excluding hydrogens is 423 g/mol. The number of carbonyl (C=O) groups is 1. The van der Waals surface area contributed by atoms with Crippen molar-refractivity contribution in [1.29, 1.82) is 0 Å². The fraction of sp³-hybridized carbons (Fsp3) is 0.192. The third-order valence-corrected chi connectivity index (χ3v) is 5.51. The summed E-state index contributed by atoms with van der Waals surface area (Å²) < 4.78 is 24.6. The van der Waals surface area contributed by atoms with Crippen LogP contribution in [-0.4, -0.2) is 29.2 Å². The van der Waals surface area contributed by atoms with Gasteiger partial charge in [0.1, 0.15) is 18.5 Å². The number of rotatable bonds is 10. The number of aromatic nitrogens is 1. The molecular formula is C26H25FN2O4. The summed E-state index contributed by atoms with van der Waals surface area (Å²) in [6.45, 7) is 0.501. The molecule has 33 heavy (non-hydrogen) atoms. The number of fused-ring (bicyclic) bond motifs is 1. The summed E-state index contributed by atoms with van der Waals surface area (Å²) in [6.07, 6.45) is 2.18. The smallest absolute Gasteiger partial charge is 0.321 e. The van der Waals surface area contributed by atoms with Crippen LogP contribution in [0.2, 0.25) is 0 Å². The molecule has 0 radical (unpaired) electrons. The number of halogens is 1. The molecule has 4 aromatic rings. The molecule has 0 fully saturated rings. The Hall–Kier alpha value is -3.84. The number of ether oxygens (including phenoxy) is 2. The number of H-pyrrole nitrogens is 1. The van der Waals surface area contributed by atoms with Gasteiger partial charge in [-0.2, -0.15) is 0 Å². The van der Waals surface area contributed by atoms with Gasteiger partial charge in [0.25, 0.3) is 0 Å². The van der Waals surface area contributed by atoms with Crippen molar-refractivity contribution in [2.24, 2.45) is 0 Å². The number of carboxylic acids is 1. The predicted molar refractivity (Wildman–Crippen MR) is 124 cm³/mol. The van der Waals surface area contributed by atoms with Crippen molar-refractivity contribution in [2.45, 2.75) is 25.6 Å². The summed E-state index contributed by atoms with van der Waals surface area (Å²) >= 11 is 0. The summed E-state index contributed by atoms with van der Waals surface area (Å²) in [5, 5.41) is 14.0. The van der Waals surface area contributed by atoms with Gasteiger partial charge in [-0.3, -0.25) is 10.1 Å². The molecule has 0 aliphatic carbocycles. The molecule has 3 aromatic carbocycles. The second-order valence-electron chi connectivity index (χ2n) is 7.70. The van der Waals surface area contributed by atoms with E-state index in [1.165, 1.54) is 12.1 Å². The van der Waals surface area contributed by atoms with Crippen molar-refractivity contribution in [3.63, 3.8) is 0 Å². The van der Waals surface area contributed by atoms with E-state index in [1.54, 1.807) is 25.3 Å². The van der Waals surface area contributed by atoms with Gasteiger partial charge in [0, 0.05) is 35.6 Å². The molecule has 0 aliphatic heterocycles. The van der Waals surface area contributed by atoms with Crippen molar-refractivity contribution in [2.75, 3.05) is 7.11 Å². The monoisotopic (exact) mass is 448 g/mol. The van der Waals surface area contributed by atoms with E-state index >= 15 is 0 Å². The molecule has 4 rings (SSSR count). The molecule has 0 spiro atoms. The van der Waals surface area contributed by atoms with Crippen LogP contribution in [0.3, 0.4) is 0 Å². The first-order valence-electron chi connectivity index (χ1n) is 10.6. The van der Waals surface area contributed by atoms with Gasteiger partial charge >= 0.3 is 5.97 Å². The molecule has 1 aromatic heterocycles. The SMILES string of the molecule is COc1cccc(CNC(Cc2c[nH]c3ccccc23)C(=O)O)c1OCc1ccc(F)cc1. The van der Waals surface area contributed by atoms with Crippen molar-refractivity contribution in [1.82, 2.24) is 10.3 Å². The molecule has 0 saturated heterocycles. The lowest BCUT2D eigenvalue weighted by Gasteiger charge is -2.18. The Morgan fingerprint density at radius 3 is 2.61 bits per heavy atom. The Labute approximate surface area is 191 Å². The maximum absolute atomic E-state index is 13.2. The average molecular weight is 448 g/mol. The number of carboxylic acid groups (broad SMARTS) is 1. The second kappa shape index (κ2) is 10.2. The normalized spacial score (nSPS) is 11.9. The number of methoxy groups -OCH3 is 1. The lowest BCUT2D eigenvalue weighted by molar-refractivity contribution is -0.139. The highest BCUT2D eigenvalue weighted by atomic mass is 19.1. The zero-order chi connectivity index (χ0) is 23.2. The summed E-state index contributed by atoms with van der Waals surface area (Å²) in [5.74, 6) is -0.180. The van der Waals surface area contributed by atoms with Gasteiger partial charge in [-0.25, -0.2) is 4.39 Å². The summed E-state index contributed by atoms with van der Waals surface area (Å²) in [6, 6.07) is 18.6. The number of benzene rings is 3. The standard InChI is InChI=1S/C26H25FN2O4/c1-32-24-8-4-5-18(25(24)33-16-17-9-11-20(27)12-10-17)14-29-23(26(30)31)13-19-15-28-22-7-3-2-6-21(19)22/h2-12,15,23,28-29H,13-14,16H2,1H3,(H,30,31). The largest absolute Gasteiger partial charge is 0.493 e. The predicted octanol–water partition coefficient (Wildman–Crippen LogP) is 4.68. The highest BCUT2D eigenvalue weighted by molar-refractivity contribution is 5.84. The van der Waals surface area contributed by atoms with Crippen LogP contribution in [0.15, 0.2) is 72.9 Å². The Kier molecular flexibility index (Phi) is 6.90. The Morgan fingerprint density at radius 2 is 1.85 bits per heavy atom. The molecule has 1 unspecified atom stereocenters. The zero-order valence-electron chi connectivity index (χ0n) is 18.2. The number of hydrogen-bond acceptors (Lipinski definition) is 4. The quantitative estimate of drug-likeness (QED) is 0.328. The Morgan fingerprint density at radius 1 is 1.06 bits per heavy atom. The number of aliphatic carboxylic acids is 1. The lowest BCUT2D eigenvalue weighted by Crippen LogP contribution is -2.38. The van der Waals surface area contributed by atoms with Gasteiger partial charge < -0.3 is 19.6 Å². The first-order chi connectivity index (χ1) is 16.0. The van der Waals surface area contributed by atoms with Crippen LogP contribution in [0.4, 0.5) is 4.39 Å². The van der Waals surface area contributed by atoms with Crippen LogP contribution in [0, 0.1) is 5.82 Å². The van der Waals surface area contributed by atoms with E-state index in [2.05, 4.69) is 10.3 Å². The van der Waals surface area contributed by atoms with Crippen molar-refractivity contribution in [3.05, 3.63) is 95.4 Å². The number of aromatic amines is 1. The van der Waals surface area contributed by atoms with Gasteiger partial charge in [-0.15, -0.1) is 0 Å². The molecule has 6 nitrogen and oxygen atoms in total. The van der Waals surface area contributed by atoms with E-state index in [1.807, 2.05) is 42.6 Å². The molecule has 0 bridgehead atoms. The highest BCUT2D eigenvalue weighted by Gasteiger charge is 2.21. The van der Waals surface area contributed by atoms with Crippen LogP contribution in [-0.2, 0) is 24.4 Å². The topological polar surface area (TPSA) is 83.6 Å². The minimum Gasteiger partial charge on any atom is -0.493 e. The Balaban J connectivity index is 1.49. The van der Waals surface area contributed by atoms with Crippen molar-refractivity contribution >= 4 is 16.9 Å². The maximum atomic E-state index is 13.2. The molecule has 7 heteroatoms. The lowest BCUT2D eigenvalue weighted by atomic mass is 10.0. The van der Waals surface area contributed by atoms with Gasteiger partial charge in [-0.1, -0.05) is 42.5 Å². The van der Waals surface area contributed by atoms with Crippen LogP contribution in [0.5, 0.6) is 11.5 Å². The number of para-hydroxylation sites is 2. The summed E-state index contributed by atoms with van der Waals surface area (Å²) in [4.78, 5) is 15.2. The van der Waals surface area contributed by atoms with Gasteiger partial charge in [0.2, 0.25) is 0 Å². The third-order valence-electron chi connectivity index (χ3n) is 5.51. The number of hydrogen-bond donors (Lipinski definition) is 3. The van der Waals surface area contributed by atoms with E-state index in [0.717, 1.165) is 27.6 Å². The molecule has 0 aliphatic rings. The average Bonchev–Trinajstić information content (AvgIpc) is 3.24. The second-order valence-corrected chi connectivity index (χ2v) is 7.70. The number of nitrogens with one attached hydrogen (secondary N) is 2. The van der Waals surface area contributed by atoms with Gasteiger partial charge in [0.15, 0.2) is 11.5 Å². The maximum Gasteiger partial charge on any atom is 0.321 e. The summed E-state index contributed by atoms with van der Waals surface area (Å²) in [7, 11) is 1.55. The summed E-state index contributed by atoms with van der Waals surface area (Å²) in [5.41, 5.74) is 3.48. The van der Waals surface area contributed by atoms with E-state index in [9.17, 15) is 14.3 Å². The van der Waals surface area contributed by atoms with Crippen molar-refractivity contribution < 1.29 is 23.8 Å². The molecule has 0 amide bonds. The van der Waals surface area contributed by atoms with E-state index in [-0.39, 0.29) is 19.0 Å². The van der Waals surface area contributed by atoms with Gasteiger partial charge in [-0.05, 0) is 35.4 Å². The zero-order valence-corrected chi connectivity index (χ0v) is 18.2. The van der Waals surface area contributed by atoms with Crippen molar-refractivity contribution in [3.8, 4) is 11.5 Å². The van der Waals surface area contributed by atoms with Crippen LogP contribution < -0.4 is 14.8 Å². The molecule has 3 N–H and O–H groups in total. The highest BCUT2D eigenvalue weighted by Crippen LogP contribution is 2.32. The minimum atomic E-state index is -0.933. The van der Waals surface area contributed by atoms with E-state index in [0.29, 0.717) is 17.9 Å². The fourth-order valence-corrected chi connectivity index (χ4v) is 3.76. The van der Waals surface area contributed by atoms with Gasteiger partial charge in [0.05, 0.1) is 7.11 Å². The van der Waals surface area contributed by atoms with E-state index < -0.39 is 12.0 Å². The first kappa shape index (κ1) is 22.4.